The molecule has 2 rings (SSSR count). The molecule has 0 saturated heterocycles. The lowest BCUT2D eigenvalue weighted by molar-refractivity contribution is -0.383. The van der Waals surface area contributed by atoms with Crippen LogP contribution in [0.4, 0.5) is 11.4 Å². The predicted molar refractivity (Wildman–Crippen MR) is 97.1 cm³/mol. The van der Waals surface area contributed by atoms with E-state index in [1.54, 1.807) is 18.2 Å². The van der Waals surface area contributed by atoms with Crippen LogP contribution in [0.2, 0.25) is 0 Å². The van der Waals surface area contributed by atoms with Crippen LogP contribution < -0.4 is 5.32 Å². The van der Waals surface area contributed by atoms with Gasteiger partial charge < -0.3 is 10.1 Å². The van der Waals surface area contributed by atoms with Gasteiger partial charge in [0.1, 0.15) is 5.69 Å². The van der Waals surface area contributed by atoms with E-state index in [0.29, 0.717) is 11.5 Å². The Hall–Kier alpha value is -3.22. The van der Waals surface area contributed by atoms with Crippen molar-refractivity contribution in [2.45, 2.75) is 32.8 Å². The average Bonchev–Trinajstić information content (AvgIpc) is 2.61. The topological polar surface area (TPSA) is 98.5 Å². The lowest BCUT2D eigenvalue weighted by Gasteiger charge is -2.14. The summed E-state index contributed by atoms with van der Waals surface area (Å²) in [7, 11) is 0. The summed E-state index contributed by atoms with van der Waals surface area (Å²) in [5.41, 5.74) is 1.24. The fraction of sp³-hybridized carbons (Fsp3) is 0.263. The number of hydrogen-bond donors (Lipinski definition) is 1. The third kappa shape index (κ3) is 4.66. The lowest BCUT2D eigenvalue weighted by Crippen LogP contribution is -2.30. The van der Waals surface area contributed by atoms with Gasteiger partial charge in [0, 0.05) is 6.07 Å². The number of nitrogens with one attached hydrogen (secondary N) is 1. The largest absolute Gasteiger partial charge is 0.449 e. The van der Waals surface area contributed by atoms with Crippen molar-refractivity contribution in [2.24, 2.45) is 0 Å². The molecule has 1 N–H and O–H groups in total. The third-order valence-electron chi connectivity index (χ3n) is 3.82. The number of rotatable bonds is 6. The van der Waals surface area contributed by atoms with Gasteiger partial charge in [0.15, 0.2) is 6.10 Å². The van der Waals surface area contributed by atoms with Gasteiger partial charge in [0.05, 0.1) is 10.5 Å². The van der Waals surface area contributed by atoms with Gasteiger partial charge in [-0.25, -0.2) is 4.79 Å². The zero-order valence-electron chi connectivity index (χ0n) is 14.8. The van der Waals surface area contributed by atoms with Gasteiger partial charge in [-0.1, -0.05) is 38.1 Å². The summed E-state index contributed by atoms with van der Waals surface area (Å²) in [5.74, 6) is -0.941. The van der Waals surface area contributed by atoms with Gasteiger partial charge in [-0.05, 0) is 36.6 Å². The number of nitro benzene ring substituents is 1. The molecular formula is C19H20N2O5. The number of anilines is 1. The summed E-state index contributed by atoms with van der Waals surface area (Å²) in [5, 5.41) is 13.4. The van der Waals surface area contributed by atoms with Gasteiger partial charge in [-0.3, -0.25) is 14.9 Å². The Morgan fingerprint density at radius 1 is 1.04 bits per heavy atom. The van der Waals surface area contributed by atoms with Crippen LogP contribution in [0.5, 0.6) is 0 Å². The molecule has 2 aromatic rings. The molecule has 0 aliphatic heterocycles. The molecule has 0 heterocycles. The van der Waals surface area contributed by atoms with Crippen LogP contribution in [0.1, 0.15) is 42.6 Å². The standard InChI is InChI=1S/C19H20N2O5/c1-12(2)14-8-10-15(11-9-14)19(23)26-13(3)18(22)20-16-6-4-5-7-17(16)21(24)25/h4-13H,1-3H3,(H,20,22)/t13-/m0/s1. The maximum Gasteiger partial charge on any atom is 0.338 e. The Bertz CT molecular complexity index is 815. The van der Waals surface area contributed by atoms with Crippen molar-refractivity contribution in [3.8, 4) is 0 Å². The lowest BCUT2D eigenvalue weighted by atomic mass is 10.0. The van der Waals surface area contributed by atoms with E-state index in [1.807, 2.05) is 26.0 Å². The Labute approximate surface area is 151 Å². The minimum absolute atomic E-state index is 0.0479. The van der Waals surface area contributed by atoms with E-state index >= 15 is 0 Å². The zero-order chi connectivity index (χ0) is 19.3. The number of para-hydroxylation sites is 2. The Kier molecular flexibility index (Phi) is 6.06. The summed E-state index contributed by atoms with van der Waals surface area (Å²) in [6.45, 7) is 5.50. The number of amides is 1. The molecular weight excluding hydrogens is 336 g/mol. The molecule has 0 unspecified atom stereocenters. The Balaban J connectivity index is 2.02. The van der Waals surface area contributed by atoms with E-state index in [2.05, 4.69) is 5.32 Å². The van der Waals surface area contributed by atoms with Gasteiger partial charge in [0.2, 0.25) is 0 Å². The molecule has 0 spiro atoms. The Morgan fingerprint density at radius 3 is 2.23 bits per heavy atom. The maximum absolute atomic E-state index is 12.2. The molecule has 0 aromatic heterocycles. The number of nitro groups is 1. The molecule has 0 radical (unpaired) electrons. The van der Waals surface area contributed by atoms with Crippen molar-refractivity contribution < 1.29 is 19.2 Å². The third-order valence-corrected chi connectivity index (χ3v) is 3.82. The zero-order valence-corrected chi connectivity index (χ0v) is 14.8. The molecule has 7 heteroatoms. The first-order valence-electron chi connectivity index (χ1n) is 8.14. The maximum atomic E-state index is 12.2. The van der Waals surface area contributed by atoms with E-state index in [1.165, 1.54) is 25.1 Å². The fourth-order valence-corrected chi connectivity index (χ4v) is 2.26. The van der Waals surface area contributed by atoms with E-state index < -0.39 is 22.9 Å². The highest BCUT2D eigenvalue weighted by Gasteiger charge is 2.22. The molecule has 0 aliphatic carbocycles. The number of hydrogen-bond acceptors (Lipinski definition) is 5. The summed E-state index contributed by atoms with van der Waals surface area (Å²) in [6.07, 6.45) is -1.10. The van der Waals surface area contributed by atoms with Crippen molar-refractivity contribution in [3.63, 3.8) is 0 Å². The first-order valence-corrected chi connectivity index (χ1v) is 8.14. The number of carbonyl (C=O) groups excluding carboxylic acids is 2. The van der Waals surface area contributed by atoms with E-state index in [4.69, 9.17) is 4.74 Å². The van der Waals surface area contributed by atoms with Crippen molar-refractivity contribution in [1.29, 1.82) is 0 Å². The number of benzene rings is 2. The minimum Gasteiger partial charge on any atom is -0.449 e. The molecule has 0 saturated carbocycles. The van der Waals surface area contributed by atoms with E-state index in [0.717, 1.165) is 5.56 Å². The van der Waals surface area contributed by atoms with Crippen molar-refractivity contribution >= 4 is 23.3 Å². The second-order valence-corrected chi connectivity index (χ2v) is 6.09. The first kappa shape index (κ1) is 19.1. The predicted octanol–water partition coefficient (Wildman–Crippen LogP) is 3.90. The van der Waals surface area contributed by atoms with Crippen molar-refractivity contribution in [2.75, 3.05) is 5.32 Å². The second-order valence-electron chi connectivity index (χ2n) is 6.09. The Morgan fingerprint density at radius 2 is 1.65 bits per heavy atom. The van der Waals surface area contributed by atoms with Crippen LogP contribution in [0, 0.1) is 10.1 Å². The highest BCUT2D eigenvalue weighted by Crippen LogP contribution is 2.23. The van der Waals surface area contributed by atoms with Gasteiger partial charge in [0.25, 0.3) is 11.6 Å². The van der Waals surface area contributed by atoms with Crippen LogP contribution in [0.15, 0.2) is 48.5 Å². The number of nitrogens with zero attached hydrogens (tertiary/aromatic N) is 1. The first-order chi connectivity index (χ1) is 12.3. The second kappa shape index (κ2) is 8.24. The monoisotopic (exact) mass is 356 g/mol. The quantitative estimate of drug-likeness (QED) is 0.481. The number of esters is 1. The highest BCUT2D eigenvalue weighted by molar-refractivity contribution is 5.98. The minimum atomic E-state index is -1.10. The fourth-order valence-electron chi connectivity index (χ4n) is 2.26. The molecule has 1 atom stereocenters. The molecule has 0 aliphatic rings. The molecule has 136 valence electrons. The molecule has 2 aromatic carbocycles. The summed E-state index contributed by atoms with van der Waals surface area (Å²) >= 11 is 0. The molecule has 1 amide bonds. The van der Waals surface area contributed by atoms with Gasteiger partial charge >= 0.3 is 5.97 Å². The summed E-state index contributed by atoms with van der Waals surface area (Å²) < 4.78 is 5.15. The van der Waals surface area contributed by atoms with Crippen LogP contribution >= 0.6 is 0 Å². The van der Waals surface area contributed by atoms with Crippen LogP contribution in [-0.2, 0) is 9.53 Å². The van der Waals surface area contributed by atoms with E-state index in [-0.39, 0.29) is 11.4 Å². The smallest absolute Gasteiger partial charge is 0.338 e. The van der Waals surface area contributed by atoms with Gasteiger partial charge in [-0.2, -0.15) is 0 Å². The summed E-state index contributed by atoms with van der Waals surface area (Å²) in [6, 6.07) is 12.7. The van der Waals surface area contributed by atoms with Gasteiger partial charge in [-0.15, -0.1) is 0 Å². The van der Waals surface area contributed by atoms with Crippen molar-refractivity contribution in [1.82, 2.24) is 0 Å². The summed E-state index contributed by atoms with van der Waals surface area (Å²) in [4.78, 5) is 34.7. The van der Waals surface area contributed by atoms with Crippen LogP contribution in [-0.4, -0.2) is 22.9 Å². The molecule has 0 fully saturated rings. The average molecular weight is 356 g/mol. The number of carbonyl (C=O) groups is 2. The van der Waals surface area contributed by atoms with E-state index in [9.17, 15) is 19.7 Å². The number of ether oxygens (including phenoxy) is 1. The normalized spacial score (nSPS) is 11.7. The van der Waals surface area contributed by atoms with Crippen LogP contribution in [0.3, 0.4) is 0 Å². The highest BCUT2D eigenvalue weighted by atomic mass is 16.6. The molecule has 7 nitrogen and oxygen atoms in total. The SMILES string of the molecule is CC(C)c1ccc(C(=O)O[C@@H](C)C(=O)Nc2ccccc2[N+](=O)[O-])cc1. The van der Waals surface area contributed by atoms with Crippen LogP contribution in [0.25, 0.3) is 0 Å². The molecule has 26 heavy (non-hydrogen) atoms. The van der Waals surface area contributed by atoms with Crippen molar-refractivity contribution in [3.05, 3.63) is 69.8 Å². The molecule has 0 bridgehead atoms.